The lowest BCUT2D eigenvalue weighted by Crippen LogP contribution is -2.05. The summed E-state index contributed by atoms with van der Waals surface area (Å²) >= 11 is 7.16. The smallest absolute Gasteiger partial charge is 0.294 e. The number of fused-ring (bicyclic) bond motifs is 1. The normalized spacial score (nSPS) is 11.7. The van der Waals surface area contributed by atoms with Crippen LogP contribution in [0.25, 0.3) is 21.5 Å². The summed E-state index contributed by atoms with van der Waals surface area (Å²) in [5.74, 6) is -0.192. The van der Waals surface area contributed by atoms with E-state index in [0.29, 0.717) is 31.4 Å². The van der Waals surface area contributed by atoms with Crippen molar-refractivity contribution < 1.29 is 17.8 Å². The van der Waals surface area contributed by atoms with Gasteiger partial charge in [-0.3, -0.25) is 9.35 Å². The largest absolute Gasteiger partial charge is 0.397 e. The van der Waals surface area contributed by atoms with Gasteiger partial charge < -0.3 is 5.73 Å². The van der Waals surface area contributed by atoms with Crippen LogP contribution in [0.3, 0.4) is 0 Å². The number of rotatable bonds is 5. The van der Waals surface area contributed by atoms with E-state index in [4.69, 9.17) is 21.9 Å². The van der Waals surface area contributed by atoms with Crippen molar-refractivity contribution in [2.75, 3.05) is 5.73 Å². The van der Waals surface area contributed by atoms with Crippen LogP contribution in [-0.4, -0.2) is 23.7 Å². The number of Topliss-reactive ketones (excluding diaryl/α,β-unsaturated/α-hetero) is 1. The van der Waals surface area contributed by atoms with Crippen LogP contribution >= 0.6 is 22.9 Å². The fourth-order valence-corrected chi connectivity index (χ4v) is 4.67. The van der Waals surface area contributed by atoms with E-state index in [-0.39, 0.29) is 17.1 Å². The molecule has 0 saturated heterocycles. The van der Waals surface area contributed by atoms with E-state index in [1.807, 2.05) is 24.3 Å². The predicted octanol–water partition coefficient (Wildman–Crippen LogP) is 4.87. The molecule has 0 fully saturated rings. The van der Waals surface area contributed by atoms with Gasteiger partial charge in [-0.15, -0.1) is 11.3 Å². The lowest BCUT2D eigenvalue weighted by Gasteiger charge is -2.02. The molecule has 4 aromatic rings. The maximum absolute atomic E-state index is 12.8. The fraction of sp³-hybridized carbons (Fsp3) is 0.0476. The number of nitrogens with zero attached hydrogens (tertiary/aromatic N) is 1. The molecule has 0 aliphatic carbocycles. The summed E-state index contributed by atoms with van der Waals surface area (Å²) in [7, 11) is -4.27. The van der Waals surface area contributed by atoms with Crippen LogP contribution in [0, 0.1) is 0 Å². The van der Waals surface area contributed by atoms with Gasteiger partial charge in [-0.1, -0.05) is 35.9 Å². The van der Waals surface area contributed by atoms with Crippen molar-refractivity contribution in [3.63, 3.8) is 0 Å². The molecule has 0 saturated carbocycles. The van der Waals surface area contributed by atoms with Crippen molar-refractivity contribution in [2.45, 2.75) is 11.3 Å². The number of nitrogen functional groups attached to an aromatic ring is 1. The van der Waals surface area contributed by atoms with E-state index in [2.05, 4.69) is 4.98 Å². The van der Waals surface area contributed by atoms with Crippen molar-refractivity contribution in [3.8, 4) is 11.3 Å². The molecule has 6 nitrogen and oxygen atoms in total. The summed E-state index contributed by atoms with van der Waals surface area (Å²) in [5.41, 5.74) is 8.85. The van der Waals surface area contributed by atoms with E-state index in [1.54, 1.807) is 12.1 Å². The van der Waals surface area contributed by atoms with Gasteiger partial charge in [-0.05, 0) is 42.0 Å². The number of hydrogen-bond acceptors (Lipinski definition) is 6. The molecule has 0 atom stereocenters. The van der Waals surface area contributed by atoms with Gasteiger partial charge in [0.1, 0.15) is 4.83 Å². The summed E-state index contributed by atoms with van der Waals surface area (Å²) in [5, 5.41) is 1.35. The number of halogens is 1. The van der Waals surface area contributed by atoms with Crippen molar-refractivity contribution in [2.24, 2.45) is 0 Å². The molecule has 2 heterocycles. The zero-order chi connectivity index (χ0) is 21.5. The van der Waals surface area contributed by atoms with Crippen LogP contribution in [0.5, 0.6) is 0 Å². The minimum Gasteiger partial charge on any atom is -0.397 e. The van der Waals surface area contributed by atoms with Gasteiger partial charge >= 0.3 is 0 Å². The Bertz CT molecular complexity index is 1360. The van der Waals surface area contributed by atoms with Gasteiger partial charge in [-0.2, -0.15) is 8.42 Å². The highest BCUT2D eigenvalue weighted by molar-refractivity contribution is 7.85. The predicted molar refractivity (Wildman–Crippen MR) is 119 cm³/mol. The lowest BCUT2D eigenvalue weighted by molar-refractivity contribution is 0.0997. The average Bonchev–Trinajstić information content (AvgIpc) is 3.04. The first-order chi connectivity index (χ1) is 14.2. The summed E-state index contributed by atoms with van der Waals surface area (Å²) in [4.78, 5) is 18.3. The summed E-state index contributed by atoms with van der Waals surface area (Å²) in [6, 6.07) is 16.5. The number of anilines is 1. The molecule has 0 bridgehead atoms. The van der Waals surface area contributed by atoms with Crippen LogP contribution in [0.15, 0.2) is 65.6 Å². The molecular weight excluding hydrogens is 444 g/mol. The average molecular weight is 459 g/mol. The third-order valence-electron chi connectivity index (χ3n) is 4.57. The van der Waals surface area contributed by atoms with Crippen LogP contribution in [0.1, 0.15) is 15.2 Å². The molecule has 9 heteroatoms. The van der Waals surface area contributed by atoms with Crippen LogP contribution in [0.4, 0.5) is 5.69 Å². The lowest BCUT2D eigenvalue weighted by atomic mass is 10.1. The van der Waals surface area contributed by atoms with E-state index < -0.39 is 10.1 Å². The number of carbonyl (C=O) groups is 1. The first-order valence-electron chi connectivity index (χ1n) is 8.77. The molecule has 152 valence electrons. The van der Waals surface area contributed by atoms with E-state index in [1.165, 1.54) is 35.6 Å². The number of pyridine rings is 1. The Balaban J connectivity index is 1.62. The zero-order valence-electron chi connectivity index (χ0n) is 15.4. The first-order valence-corrected chi connectivity index (χ1v) is 11.4. The van der Waals surface area contributed by atoms with Crippen molar-refractivity contribution in [1.29, 1.82) is 0 Å². The Labute approximate surface area is 181 Å². The Hall–Kier alpha value is -2.78. The van der Waals surface area contributed by atoms with E-state index in [0.717, 1.165) is 11.3 Å². The molecular formula is C21H15ClN2O4S2. The van der Waals surface area contributed by atoms with Crippen LogP contribution in [0.2, 0.25) is 5.02 Å². The fourth-order valence-electron chi connectivity index (χ4n) is 3.03. The Morgan fingerprint density at radius 2 is 1.70 bits per heavy atom. The Morgan fingerprint density at radius 3 is 2.33 bits per heavy atom. The number of hydrogen-bond donors (Lipinski definition) is 2. The number of ketones is 1. The summed E-state index contributed by atoms with van der Waals surface area (Å²) in [6.45, 7) is 0. The van der Waals surface area contributed by atoms with Gasteiger partial charge in [0, 0.05) is 22.4 Å². The van der Waals surface area contributed by atoms with Gasteiger partial charge in [-0.25, -0.2) is 4.98 Å². The number of benzene rings is 2. The highest BCUT2D eigenvalue weighted by Gasteiger charge is 2.18. The summed E-state index contributed by atoms with van der Waals surface area (Å²) in [6.07, 6.45) is 0.0484. The van der Waals surface area contributed by atoms with Crippen molar-refractivity contribution in [3.05, 3.63) is 76.1 Å². The van der Waals surface area contributed by atoms with Gasteiger partial charge in [0.2, 0.25) is 0 Å². The number of nitrogens with two attached hydrogens (primary N) is 1. The number of thiophene rings is 1. The molecule has 2 aromatic heterocycles. The van der Waals surface area contributed by atoms with Gasteiger partial charge in [0.25, 0.3) is 10.1 Å². The second kappa shape index (κ2) is 7.81. The molecule has 0 aliphatic heterocycles. The molecule has 30 heavy (non-hydrogen) atoms. The molecule has 0 radical (unpaired) electrons. The minimum absolute atomic E-state index is 0.0484. The molecule has 4 rings (SSSR count). The molecule has 0 aliphatic rings. The van der Waals surface area contributed by atoms with E-state index in [9.17, 15) is 13.2 Å². The monoisotopic (exact) mass is 458 g/mol. The second-order valence-electron chi connectivity index (χ2n) is 6.62. The minimum atomic E-state index is -4.27. The second-order valence-corrected chi connectivity index (χ2v) is 9.48. The summed E-state index contributed by atoms with van der Waals surface area (Å²) < 4.78 is 31.3. The number of carbonyl (C=O) groups excluding carboxylic acids is 1. The molecule has 0 unspecified atom stereocenters. The van der Waals surface area contributed by atoms with Crippen molar-refractivity contribution in [1.82, 2.24) is 4.98 Å². The third kappa shape index (κ3) is 4.08. The van der Waals surface area contributed by atoms with Gasteiger partial charge in [0.15, 0.2) is 5.78 Å². The quantitative estimate of drug-likeness (QED) is 0.326. The number of aromatic nitrogens is 1. The molecule has 2 aromatic carbocycles. The third-order valence-corrected chi connectivity index (χ3v) is 6.85. The molecule has 0 amide bonds. The van der Waals surface area contributed by atoms with E-state index >= 15 is 0 Å². The standard InChI is InChI=1S/C21H15ClN2O4S2/c22-14-5-3-13(4-6-14)17-10-9-16-19(23)20(29-21(16)24-17)18(25)11-12-1-7-15(8-2-12)30(26,27)28/h1-10H,11,23H2,(H,26,27,28). The highest BCUT2D eigenvalue weighted by atomic mass is 35.5. The Morgan fingerprint density at radius 1 is 1.03 bits per heavy atom. The van der Waals surface area contributed by atoms with Crippen molar-refractivity contribution >= 4 is 54.7 Å². The topological polar surface area (TPSA) is 110 Å². The Kier molecular flexibility index (Phi) is 5.33. The zero-order valence-corrected chi connectivity index (χ0v) is 17.8. The highest BCUT2D eigenvalue weighted by Crippen LogP contribution is 2.35. The maximum atomic E-state index is 12.8. The first kappa shape index (κ1) is 20.5. The van der Waals surface area contributed by atoms with Crippen LogP contribution in [-0.2, 0) is 16.5 Å². The molecule has 3 N–H and O–H groups in total. The molecule has 0 spiro atoms. The van der Waals surface area contributed by atoms with Gasteiger partial charge in [0.05, 0.1) is 21.2 Å². The SMILES string of the molecule is Nc1c(C(=O)Cc2ccc(S(=O)(=O)O)cc2)sc2nc(-c3ccc(Cl)cc3)ccc12. The van der Waals surface area contributed by atoms with Crippen LogP contribution < -0.4 is 5.73 Å². The maximum Gasteiger partial charge on any atom is 0.294 e.